The van der Waals surface area contributed by atoms with Crippen molar-refractivity contribution in [2.24, 2.45) is 7.05 Å². The number of piperidine rings is 1. The van der Waals surface area contributed by atoms with Crippen LogP contribution < -0.4 is 10.4 Å². The lowest BCUT2D eigenvalue weighted by molar-refractivity contribution is -0.147. The van der Waals surface area contributed by atoms with Crippen LogP contribution >= 0.6 is 0 Å². The first-order valence-electron chi connectivity index (χ1n) is 8.42. The Hall–Kier alpha value is -2.34. The molecular weight excluding hydrogens is 401 g/mol. The van der Waals surface area contributed by atoms with E-state index in [1.165, 1.54) is 35.7 Å². The minimum Gasteiger partial charge on any atom is -0.497 e. The monoisotopic (exact) mass is 420 g/mol. The highest BCUT2D eigenvalue weighted by atomic mass is 32.2. The standard InChI is InChI=1S/C16H19F3N4O4S/c1-21-14(16(17,18)19)20-23(15(21)24)11-7-9-22(10-8-11)28(25,26)13-5-3-12(27-2)4-6-13/h3-6,11H,7-10H2,1-2H3. The summed E-state index contributed by atoms with van der Waals surface area (Å²) in [5, 5.41) is 3.43. The maximum absolute atomic E-state index is 12.9. The van der Waals surface area contributed by atoms with Gasteiger partial charge in [0.25, 0.3) is 0 Å². The second-order valence-electron chi connectivity index (χ2n) is 6.42. The van der Waals surface area contributed by atoms with Crippen molar-refractivity contribution < 1.29 is 26.3 Å². The van der Waals surface area contributed by atoms with Gasteiger partial charge in [-0.3, -0.25) is 4.57 Å². The molecule has 0 unspecified atom stereocenters. The predicted molar refractivity (Wildman–Crippen MR) is 92.5 cm³/mol. The molecule has 1 aliphatic heterocycles. The fraction of sp³-hybridized carbons (Fsp3) is 0.500. The number of benzene rings is 1. The van der Waals surface area contributed by atoms with E-state index >= 15 is 0 Å². The summed E-state index contributed by atoms with van der Waals surface area (Å²) in [6.07, 6.45) is -4.37. The zero-order chi connectivity index (χ0) is 20.7. The van der Waals surface area contributed by atoms with E-state index in [2.05, 4.69) is 5.10 Å². The van der Waals surface area contributed by atoms with Crippen LogP contribution in [0.1, 0.15) is 24.7 Å². The summed E-state index contributed by atoms with van der Waals surface area (Å²) in [6.45, 7) is 0.146. The number of hydrogen-bond acceptors (Lipinski definition) is 5. The van der Waals surface area contributed by atoms with Crippen LogP contribution in [0.5, 0.6) is 5.75 Å². The first-order valence-corrected chi connectivity index (χ1v) is 9.86. The van der Waals surface area contributed by atoms with Gasteiger partial charge in [0.15, 0.2) is 0 Å². The van der Waals surface area contributed by atoms with Crippen molar-refractivity contribution in [1.82, 2.24) is 18.7 Å². The zero-order valence-electron chi connectivity index (χ0n) is 15.2. The summed E-state index contributed by atoms with van der Waals surface area (Å²) in [4.78, 5) is 12.2. The van der Waals surface area contributed by atoms with Gasteiger partial charge in [0.05, 0.1) is 18.0 Å². The van der Waals surface area contributed by atoms with E-state index in [-0.39, 0.29) is 30.8 Å². The van der Waals surface area contributed by atoms with Crippen molar-refractivity contribution in [3.63, 3.8) is 0 Å². The minimum absolute atomic E-state index is 0.0728. The van der Waals surface area contributed by atoms with Crippen LogP contribution in [-0.4, -0.2) is 47.3 Å². The second kappa shape index (κ2) is 7.24. The van der Waals surface area contributed by atoms with Gasteiger partial charge >= 0.3 is 11.9 Å². The molecular formula is C16H19F3N4O4S. The lowest BCUT2D eigenvalue weighted by Gasteiger charge is -2.30. The number of alkyl halides is 3. The minimum atomic E-state index is -4.74. The Bertz CT molecular complexity index is 1000. The Kier molecular flexibility index (Phi) is 5.28. The molecule has 2 heterocycles. The van der Waals surface area contributed by atoms with Crippen LogP contribution in [0, 0.1) is 0 Å². The SMILES string of the molecule is COc1ccc(S(=O)(=O)N2CCC(n3nc(C(F)(F)F)n(C)c3=O)CC2)cc1. The number of aromatic nitrogens is 3. The molecule has 2 aromatic rings. The average Bonchev–Trinajstić information content (AvgIpc) is 2.97. The summed E-state index contributed by atoms with van der Waals surface area (Å²) in [5.41, 5.74) is -0.871. The Morgan fingerprint density at radius 1 is 1.14 bits per heavy atom. The third kappa shape index (κ3) is 3.65. The van der Waals surface area contributed by atoms with Crippen LogP contribution in [0.4, 0.5) is 13.2 Å². The molecule has 1 aromatic carbocycles. The van der Waals surface area contributed by atoms with Crippen molar-refractivity contribution >= 4 is 10.0 Å². The van der Waals surface area contributed by atoms with Crippen LogP contribution in [0.25, 0.3) is 0 Å². The Morgan fingerprint density at radius 3 is 2.18 bits per heavy atom. The van der Waals surface area contributed by atoms with Crippen LogP contribution in [0.2, 0.25) is 0 Å². The molecule has 0 atom stereocenters. The Morgan fingerprint density at radius 2 is 1.71 bits per heavy atom. The molecule has 1 aliphatic rings. The maximum atomic E-state index is 12.9. The molecule has 28 heavy (non-hydrogen) atoms. The van der Waals surface area contributed by atoms with E-state index < -0.39 is 33.8 Å². The van der Waals surface area contributed by atoms with Gasteiger partial charge in [-0.15, -0.1) is 5.10 Å². The van der Waals surface area contributed by atoms with E-state index in [1.54, 1.807) is 0 Å². The molecule has 3 rings (SSSR count). The summed E-state index contributed by atoms with van der Waals surface area (Å²) >= 11 is 0. The average molecular weight is 420 g/mol. The Labute approximate surface area is 159 Å². The van der Waals surface area contributed by atoms with Gasteiger partial charge in [-0.05, 0) is 37.1 Å². The number of hydrogen-bond donors (Lipinski definition) is 0. The van der Waals surface area contributed by atoms with Gasteiger partial charge in [-0.1, -0.05) is 0 Å². The van der Waals surface area contributed by atoms with Gasteiger partial charge < -0.3 is 4.74 Å². The van der Waals surface area contributed by atoms with Crippen molar-refractivity contribution in [1.29, 1.82) is 0 Å². The molecule has 0 saturated carbocycles. The number of rotatable bonds is 4. The number of halogens is 3. The predicted octanol–water partition coefficient (Wildman–Crippen LogP) is 1.63. The first-order chi connectivity index (χ1) is 13.1. The molecule has 0 radical (unpaired) electrons. The van der Waals surface area contributed by atoms with Gasteiger partial charge in [-0.25, -0.2) is 17.9 Å². The number of ether oxygens (including phenoxy) is 1. The van der Waals surface area contributed by atoms with E-state index in [0.717, 1.165) is 11.7 Å². The molecule has 0 N–H and O–H groups in total. The van der Waals surface area contributed by atoms with Crippen LogP contribution in [0.15, 0.2) is 34.0 Å². The fourth-order valence-corrected chi connectivity index (χ4v) is 4.63. The highest BCUT2D eigenvalue weighted by Gasteiger charge is 2.39. The largest absolute Gasteiger partial charge is 0.497 e. The number of nitrogens with zero attached hydrogens (tertiary/aromatic N) is 4. The second-order valence-corrected chi connectivity index (χ2v) is 8.36. The van der Waals surface area contributed by atoms with Gasteiger partial charge in [-0.2, -0.15) is 17.5 Å². The molecule has 0 bridgehead atoms. The zero-order valence-corrected chi connectivity index (χ0v) is 16.0. The Balaban J connectivity index is 1.76. The molecule has 154 valence electrons. The molecule has 8 nitrogen and oxygen atoms in total. The molecule has 0 spiro atoms. The van der Waals surface area contributed by atoms with Crippen LogP contribution in [0.3, 0.4) is 0 Å². The lowest BCUT2D eigenvalue weighted by atomic mass is 10.1. The highest BCUT2D eigenvalue weighted by molar-refractivity contribution is 7.89. The van der Waals surface area contributed by atoms with Gasteiger partial charge in [0.1, 0.15) is 5.75 Å². The van der Waals surface area contributed by atoms with Crippen molar-refractivity contribution in [2.75, 3.05) is 20.2 Å². The smallest absolute Gasteiger partial charge is 0.451 e. The van der Waals surface area contributed by atoms with Crippen molar-refractivity contribution in [3.8, 4) is 5.75 Å². The highest BCUT2D eigenvalue weighted by Crippen LogP contribution is 2.29. The summed E-state index contributed by atoms with van der Waals surface area (Å²) in [7, 11) is -1.26. The first kappa shape index (κ1) is 20.4. The summed E-state index contributed by atoms with van der Waals surface area (Å²) in [5.74, 6) is -0.751. The third-order valence-electron chi connectivity index (χ3n) is 4.72. The van der Waals surface area contributed by atoms with Gasteiger partial charge in [0, 0.05) is 20.1 Å². The summed E-state index contributed by atoms with van der Waals surface area (Å²) < 4.78 is 71.8. The summed E-state index contributed by atoms with van der Waals surface area (Å²) in [6, 6.07) is 5.33. The molecule has 1 saturated heterocycles. The topological polar surface area (TPSA) is 86.4 Å². The van der Waals surface area contributed by atoms with Gasteiger partial charge in [0.2, 0.25) is 15.8 Å². The van der Waals surface area contributed by atoms with E-state index in [0.29, 0.717) is 10.3 Å². The third-order valence-corrected chi connectivity index (χ3v) is 6.64. The molecule has 0 aliphatic carbocycles. The van der Waals surface area contributed by atoms with Crippen molar-refractivity contribution in [2.45, 2.75) is 30.0 Å². The number of methoxy groups -OCH3 is 1. The van der Waals surface area contributed by atoms with E-state index in [9.17, 15) is 26.4 Å². The molecule has 0 amide bonds. The fourth-order valence-electron chi connectivity index (χ4n) is 3.16. The van der Waals surface area contributed by atoms with E-state index in [1.807, 2.05) is 0 Å². The quantitative estimate of drug-likeness (QED) is 0.751. The van der Waals surface area contributed by atoms with Crippen LogP contribution in [-0.2, 0) is 23.2 Å². The normalized spacial score (nSPS) is 17.0. The van der Waals surface area contributed by atoms with E-state index in [4.69, 9.17) is 4.74 Å². The molecule has 12 heteroatoms. The lowest BCUT2D eigenvalue weighted by Crippen LogP contribution is -2.41. The number of sulfonamides is 1. The molecule has 1 aromatic heterocycles. The molecule has 1 fully saturated rings. The maximum Gasteiger partial charge on any atom is 0.451 e. The van der Waals surface area contributed by atoms with Crippen molar-refractivity contribution in [3.05, 3.63) is 40.6 Å².